The Bertz CT molecular complexity index is 1140. The van der Waals surface area contributed by atoms with Gasteiger partial charge < -0.3 is 15.0 Å². The minimum atomic E-state index is -0.696. The summed E-state index contributed by atoms with van der Waals surface area (Å²) in [5.74, 6) is 0.209. The molecule has 0 radical (unpaired) electrons. The molecule has 0 spiro atoms. The van der Waals surface area contributed by atoms with Crippen molar-refractivity contribution in [1.82, 2.24) is 10.2 Å². The Kier molecular flexibility index (Phi) is 9.01. The van der Waals surface area contributed by atoms with Crippen molar-refractivity contribution in [2.24, 2.45) is 0 Å². The van der Waals surface area contributed by atoms with Crippen LogP contribution in [0, 0.1) is 6.92 Å². The second-order valence-electron chi connectivity index (χ2n) is 9.41. The van der Waals surface area contributed by atoms with Gasteiger partial charge in [-0.2, -0.15) is 0 Å². The van der Waals surface area contributed by atoms with Crippen LogP contribution in [0.4, 0.5) is 0 Å². The highest BCUT2D eigenvalue weighted by Crippen LogP contribution is 2.23. The van der Waals surface area contributed by atoms with Crippen LogP contribution in [0.2, 0.25) is 5.02 Å². The standard InChI is InChI=1S/C30H33ClN2O3/c1-22-15-17-26(18-16-22)36-21-29(34)33(20-24-11-5-8-14-27(24)31)28(19-23-9-3-2-4-10-23)30(35)32-25-12-6-7-13-25/h2-5,8-11,14-18,25,28H,6-7,12-13,19-21H2,1H3,(H,32,35). The zero-order valence-electron chi connectivity index (χ0n) is 20.7. The van der Waals surface area contributed by atoms with Gasteiger partial charge >= 0.3 is 0 Å². The van der Waals surface area contributed by atoms with Crippen LogP contribution >= 0.6 is 11.6 Å². The highest BCUT2D eigenvalue weighted by atomic mass is 35.5. The lowest BCUT2D eigenvalue weighted by Crippen LogP contribution is -2.53. The highest BCUT2D eigenvalue weighted by molar-refractivity contribution is 6.31. The van der Waals surface area contributed by atoms with Gasteiger partial charge in [0, 0.05) is 24.0 Å². The number of nitrogens with one attached hydrogen (secondary N) is 1. The third kappa shape index (κ3) is 7.11. The molecule has 36 heavy (non-hydrogen) atoms. The third-order valence-electron chi connectivity index (χ3n) is 6.65. The van der Waals surface area contributed by atoms with Crippen LogP contribution in [0.5, 0.6) is 5.75 Å². The quantitative estimate of drug-likeness (QED) is 0.384. The monoisotopic (exact) mass is 504 g/mol. The van der Waals surface area contributed by atoms with E-state index in [1.165, 1.54) is 0 Å². The molecule has 3 aromatic carbocycles. The molecule has 5 nitrogen and oxygen atoms in total. The van der Waals surface area contributed by atoms with Gasteiger partial charge in [-0.15, -0.1) is 0 Å². The molecule has 0 heterocycles. The average molecular weight is 505 g/mol. The van der Waals surface area contributed by atoms with Gasteiger partial charge in [-0.25, -0.2) is 0 Å². The van der Waals surface area contributed by atoms with Gasteiger partial charge in [-0.05, 0) is 49.1 Å². The highest BCUT2D eigenvalue weighted by Gasteiger charge is 2.32. The van der Waals surface area contributed by atoms with Gasteiger partial charge in [0.2, 0.25) is 5.91 Å². The van der Waals surface area contributed by atoms with Gasteiger partial charge in [0.25, 0.3) is 5.91 Å². The SMILES string of the molecule is Cc1ccc(OCC(=O)N(Cc2ccccc2Cl)C(Cc2ccccc2)C(=O)NC2CCCC2)cc1. The lowest BCUT2D eigenvalue weighted by atomic mass is 10.0. The number of amides is 2. The maximum Gasteiger partial charge on any atom is 0.261 e. The number of ether oxygens (including phenoxy) is 1. The van der Waals surface area contributed by atoms with E-state index in [1.54, 1.807) is 11.0 Å². The molecule has 1 N–H and O–H groups in total. The Morgan fingerprint density at radius 3 is 2.33 bits per heavy atom. The van der Waals surface area contributed by atoms with Gasteiger partial charge in [0.1, 0.15) is 11.8 Å². The molecule has 1 aliphatic carbocycles. The molecule has 0 bridgehead atoms. The van der Waals surface area contributed by atoms with Crippen LogP contribution in [0.15, 0.2) is 78.9 Å². The maximum absolute atomic E-state index is 13.7. The molecule has 1 aliphatic rings. The number of halogens is 1. The molecule has 0 aliphatic heterocycles. The molecule has 188 valence electrons. The number of carbonyl (C=O) groups excluding carboxylic acids is 2. The second-order valence-corrected chi connectivity index (χ2v) is 9.82. The third-order valence-corrected chi connectivity index (χ3v) is 7.02. The summed E-state index contributed by atoms with van der Waals surface area (Å²) in [7, 11) is 0. The first-order valence-corrected chi connectivity index (χ1v) is 12.9. The van der Waals surface area contributed by atoms with E-state index in [0.717, 1.165) is 42.4 Å². The van der Waals surface area contributed by atoms with E-state index in [1.807, 2.05) is 79.7 Å². The molecule has 3 aromatic rings. The number of hydrogen-bond acceptors (Lipinski definition) is 3. The topological polar surface area (TPSA) is 58.6 Å². The van der Waals surface area contributed by atoms with Crippen molar-refractivity contribution in [2.75, 3.05) is 6.61 Å². The normalized spacial score (nSPS) is 14.3. The van der Waals surface area contributed by atoms with Crippen LogP contribution in [0.25, 0.3) is 0 Å². The molecule has 1 fully saturated rings. The summed E-state index contributed by atoms with van der Waals surface area (Å²) in [6.45, 7) is 2.04. The molecular formula is C30H33ClN2O3. The smallest absolute Gasteiger partial charge is 0.261 e. The predicted molar refractivity (Wildman–Crippen MR) is 143 cm³/mol. The number of aryl methyl sites for hydroxylation is 1. The predicted octanol–water partition coefficient (Wildman–Crippen LogP) is 5.73. The molecular weight excluding hydrogens is 472 g/mol. The van der Waals surface area contributed by atoms with Gasteiger partial charge in [-0.1, -0.05) is 90.7 Å². The molecule has 1 unspecified atom stereocenters. The molecule has 4 rings (SSSR count). The summed E-state index contributed by atoms with van der Waals surface area (Å²) >= 11 is 6.47. The van der Waals surface area contributed by atoms with E-state index in [4.69, 9.17) is 16.3 Å². The lowest BCUT2D eigenvalue weighted by molar-refractivity contribution is -0.143. The van der Waals surface area contributed by atoms with Gasteiger partial charge in [-0.3, -0.25) is 9.59 Å². The fourth-order valence-electron chi connectivity index (χ4n) is 4.59. The first-order chi connectivity index (χ1) is 17.5. The lowest BCUT2D eigenvalue weighted by Gasteiger charge is -2.32. The minimum absolute atomic E-state index is 0.138. The van der Waals surface area contributed by atoms with Crippen molar-refractivity contribution in [3.8, 4) is 5.75 Å². The zero-order chi connectivity index (χ0) is 25.3. The number of carbonyl (C=O) groups is 2. The number of nitrogens with zero attached hydrogens (tertiary/aromatic N) is 1. The Labute approximate surface area is 218 Å². The van der Waals surface area contributed by atoms with E-state index in [9.17, 15) is 9.59 Å². The molecule has 6 heteroatoms. The fourth-order valence-corrected chi connectivity index (χ4v) is 4.79. The molecule has 1 saturated carbocycles. The molecule has 0 aromatic heterocycles. The van der Waals surface area contributed by atoms with Crippen LogP contribution in [-0.2, 0) is 22.6 Å². The Morgan fingerprint density at radius 1 is 0.972 bits per heavy atom. The van der Waals surface area contributed by atoms with Crippen molar-refractivity contribution < 1.29 is 14.3 Å². The Morgan fingerprint density at radius 2 is 1.64 bits per heavy atom. The van der Waals surface area contributed by atoms with Crippen molar-refractivity contribution in [2.45, 2.75) is 57.7 Å². The molecule has 0 saturated heterocycles. The first kappa shape index (κ1) is 25.8. The van der Waals surface area contributed by atoms with E-state index < -0.39 is 6.04 Å². The van der Waals surface area contributed by atoms with Gasteiger partial charge in [0.15, 0.2) is 6.61 Å². The molecule has 2 amide bonds. The van der Waals surface area contributed by atoms with Crippen molar-refractivity contribution >= 4 is 23.4 Å². The van der Waals surface area contributed by atoms with Crippen molar-refractivity contribution in [3.63, 3.8) is 0 Å². The largest absolute Gasteiger partial charge is 0.484 e. The number of hydrogen-bond donors (Lipinski definition) is 1. The number of benzene rings is 3. The van der Waals surface area contributed by atoms with E-state index in [2.05, 4.69) is 5.32 Å². The minimum Gasteiger partial charge on any atom is -0.484 e. The summed E-state index contributed by atoms with van der Waals surface area (Å²) in [5, 5.41) is 3.77. The van der Waals surface area contributed by atoms with Crippen LogP contribution < -0.4 is 10.1 Å². The van der Waals surface area contributed by atoms with E-state index >= 15 is 0 Å². The Hall–Kier alpha value is -3.31. The number of rotatable bonds is 10. The van der Waals surface area contributed by atoms with Gasteiger partial charge in [0.05, 0.1) is 0 Å². The average Bonchev–Trinajstić information content (AvgIpc) is 3.40. The van der Waals surface area contributed by atoms with Crippen molar-refractivity contribution in [3.05, 3.63) is 101 Å². The van der Waals surface area contributed by atoms with Crippen LogP contribution in [-0.4, -0.2) is 35.4 Å². The van der Waals surface area contributed by atoms with E-state index in [-0.39, 0.29) is 31.0 Å². The fraction of sp³-hybridized carbons (Fsp3) is 0.333. The molecule has 1 atom stereocenters. The van der Waals surface area contributed by atoms with Crippen molar-refractivity contribution in [1.29, 1.82) is 0 Å². The maximum atomic E-state index is 13.7. The second kappa shape index (κ2) is 12.6. The summed E-state index contributed by atoms with van der Waals surface area (Å²) in [6, 6.07) is 24.2. The Balaban J connectivity index is 1.61. The summed E-state index contributed by atoms with van der Waals surface area (Å²) in [5.41, 5.74) is 2.88. The summed E-state index contributed by atoms with van der Waals surface area (Å²) in [4.78, 5) is 28.9. The zero-order valence-corrected chi connectivity index (χ0v) is 21.4. The first-order valence-electron chi connectivity index (χ1n) is 12.6. The summed E-state index contributed by atoms with van der Waals surface area (Å²) < 4.78 is 5.83. The van der Waals surface area contributed by atoms with Crippen LogP contribution in [0.1, 0.15) is 42.4 Å². The van der Waals surface area contributed by atoms with Crippen LogP contribution in [0.3, 0.4) is 0 Å². The van der Waals surface area contributed by atoms with E-state index in [0.29, 0.717) is 17.2 Å². The summed E-state index contributed by atoms with van der Waals surface area (Å²) in [6.07, 6.45) is 4.57.